The van der Waals surface area contributed by atoms with Crippen molar-refractivity contribution in [2.24, 2.45) is 0 Å². The number of anilines is 2. The van der Waals surface area contributed by atoms with Crippen LogP contribution in [0.2, 0.25) is 0 Å². The van der Waals surface area contributed by atoms with Crippen molar-refractivity contribution in [3.63, 3.8) is 0 Å². The molecule has 2 amide bonds. The number of fused-ring (bicyclic) bond motifs is 1. The van der Waals surface area contributed by atoms with Crippen LogP contribution in [0.25, 0.3) is 0 Å². The number of carbonyl (C=O) groups is 2. The van der Waals surface area contributed by atoms with Gasteiger partial charge in [-0.25, -0.2) is 0 Å². The van der Waals surface area contributed by atoms with E-state index in [1.165, 1.54) is 5.56 Å². The normalized spacial score (nSPS) is 13.3. The number of carbonyl (C=O) groups excluding carboxylic acids is 2. The van der Waals surface area contributed by atoms with Crippen molar-refractivity contribution in [1.82, 2.24) is 5.32 Å². The van der Waals surface area contributed by atoms with Crippen LogP contribution in [0.4, 0.5) is 11.4 Å². The highest BCUT2D eigenvalue weighted by Gasteiger charge is 2.18. The zero-order chi connectivity index (χ0) is 18.5. The van der Waals surface area contributed by atoms with E-state index < -0.39 is 0 Å². The van der Waals surface area contributed by atoms with E-state index in [-0.39, 0.29) is 17.9 Å². The molecule has 0 fully saturated rings. The Bertz CT molecular complexity index is 784. The summed E-state index contributed by atoms with van der Waals surface area (Å²) in [6.45, 7) is 5.06. The molecule has 0 radical (unpaired) electrons. The number of rotatable bonds is 5. The number of aryl methyl sites for hydroxylation is 1. The van der Waals surface area contributed by atoms with Gasteiger partial charge in [-0.15, -0.1) is 0 Å². The lowest BCUT2D eigenvalue weighted by atomic mass is 10.0. The fourth-order valence-electron chi connectivity index (χ4n) is 3.20. The molecule has 1 aliphatic heterocycles. The SMILES string of the molecule is CC(C)NC(=O)c1ccc(NC(=O)CN2CCCc3ccccc32)cc1. The Kier molecular flexibility index (Phi) is 5.56. The topological polar surface area (TPSA) is 61.4 Å². The Hall–Kier alpha value is -2.82. The molecule has 5 heteroatoms. The minimum Gasteiger partial charge on any atom is -0.362 e. The van der Waals surface area contributed by atoms with Crippen LogP contribution >= 0.6 is 0 Å². The van der Waals surface area contributed by atoms with Crippen LogP contribution < -0.4 is 15.5 Å². The Morgan fingerprint density at radius 2 is 1.81 bits per heavy atom. The summed E-state index contributed by atoms with van der Waals surface area (Å²) < 4.78 is 0. The number of nitrogens with one attached hydrogen (secondary N) is 2. The number of amides is 2. The maximum Gasteiger partial charge on any atom is 0.251 e. The molecule has 1 aliphatic rings. The average Bonchev–Trinajstić information content (AvgIpc) is 2.62. The summed E-state index contributed by atoms with van der Waals surface area (Å²) in [5.41, 5.74) is 3.73. The van der Waals surface area contributed by atoms with Gasteiger partial charge in [0.2, 0.25) is 5.91 Å². The summed E-state index contributed by atoms with van der Waals surface area (Å²) >= 11 is 0. The van der Waals surface area contributed by atoms with Crippen LogP contribution in [-0.4, -0.2) is 30.9 Å². The van der Waals surface area contributed by atoms with Crippen molar-refractivity contribution in [3.05, 3.63) is 59.7 Å². The molecule has 2 N–H and O–H groups in total. The van der Waals surface area contributed by atoms with E-state index in [1.807, 2.05) is 26.0 Å². The van der Waals surface area contributed by atoms with Gasteiger partial charge in [-0.1, -0.05) is 18.2 Å². The quantitative estimate of drug-likeness (QED) is 0.869. The Labute approximate surface area is 154 Å². The molecule has 2 aromatic carbocycles. The number of nitrogens with zero attached hydrogens (tertiary/aromatic N) is 1. The molecule has 0 atom stereocenters. The van der Waals surface area contributed by atoms with Gasteiger partial charge in [0.05, 0.1) is 6.54 Å². The van der Waals surface area contributed by atoms with Crippen molar-refractivity contribution >= 4 is 23.2 Å². The van der Waals surface area contributed by atoms with Gasteiger partial charge in [-0.05, 0) is 62.6 Å². The molecule has 26 heavy (non-hydrogen) atoms. The lowest BCUT2D eigenvalue weighted by Crippen LogP contribution is -2.36. The maximum absolute atomic E-state index is 12.4. The molecular formula is C21H25N3O2. The Balaban J connectivity index is 1.60. The fraction of sp³-hybridized carbons (Fsp3) is 0.333. The molecule has 1 heterocycles. The number of hydrogen-bond acceptors (Lipinski definition) is 3. The highest BCUT2D eigenvalue weighted by atomic mass is 16.2. The van der Waals surface area contributed by atoms with Crippen molar-refractivity contribution in [3.8, 4) is 0 Å². The van der Waals surface area contributed by atoms with Gasteiger partial charge in [0.25, 0.3) is 5.91 Å². The largest absolute Gasteiger partial charge is 0.362 e. The molecular weight excluding hydrogens is 326 g/mol. The van der Waals surface area contributed by atoms with Crippen LogP contribution in [0.5, 0.6) is 0 Å². The molecule has 0 bridgehead atoms. The molecule has 136 valence electrons. The smallest absolute Gasteiger partial charge is 0.251 e. The van der Waals surface area contributed by atoms with Crippen molar-refractivity contribution < 1.29 is 9.59 Å². The lowest BCUT2D eigenvalue weighted by molar-refractivity contribution is -0.115. The van der Waals surface area contributed by atoms with E-state index >= 15 is 0 Å². The zero-order valence-corrected chi connectivity index (χ0v) is 15.3. The predicted molar refractivity (Wildman–Crippen MR) is 105 cm³/mol. The highest BCUT2D eigenvalue weighted by Crippen LogP contribution is 2.26. The zero-order valence-electron chi connectivity index (χ0n) is 15.3. The van der Waals surface area contributed by atoms with Crippen molar-refractivity contribution in [2.45, 2.75) is 32.7 Å². The van der Waals surface area contributed by atoms with E-state index in [0.29, 0.717) is 17.8 Å². The van der Waals surface area contributed by atoms with Crippen LogP contribution in [-0.2, 0) is 11.2 Å². The van der Waals surface area contributed by atoms with Gasteiger partial charge < -0.3 is 15.5 Å². The molecule has 2 aromatic rings. The summed E-state index contributed by atoms with van der Waals surface area (Å²) in [6, 6.07) is 15.3. The minimum atomic E-state index is -0.109. The van der Waals surface area contributed by atoms with Crippen molar-refractivity contribution in [1.29, 1.82) is 0 Å². The maximum atomic E-state index is 12.4. The standard InChI is InChI=1S/C21H25N3O2/c1-15(2)22-21(26)17-9-11-18(12-10-17)23-20(25)14-24-13-5-7-16-6-3-4-8-19(16)24/h3-4,6,8-12,15H,5,7,13-14H2,1-2H3,(H,22,26)(H,23,25). The lowest BCUT2D eigenvalue weighted by Gasteiger charge is -2.30. The minimum absolute atomic E-state index is 0.0546. The van der Waals surface area contributed by atoms with Crippen LogP contribution in [0.15, 0.2) is 48.5 Å². The number of para-hydroxylation sites is 1. The second-order valence-corrected chi connectivity index (χ2v) is 6.91. The van der Waals surface area contributed by atoms with Crippen LogP contribution in [0.3, 0.4) is 0 Å². The number of hydrogen-bond donors (Lipinski definition) is 2. The summed E-state index contributed by atoms with van der Waals surface area (Å²) in [5, 5.41) is 5.76. The summed E-state index contributed by atoms with van der Waals surface area (Å²) in [5.74, 6) is -0.163. The van der Waals surface area contributed by atoms with Gasteiger partial charge in [-0.3, -0.25) is 9.59 Å². The summed E-state index contributed by atoms with van der Waals surface area (Å²) in [4.78, 5) is 26.5. The molecule has 5 nitrogen and oxygen atoms in total. The third-order valence-electron chi connectivity index (χ3n) is 4.39. The molecule has 0 aromatic heterocycles. The Morgan fingerprint density at radius 3 is 2.54 bits per heavy atom. The van der Waals surface area contributed by atoms with E-state index in [2.05, 4.69) is 27.7 Å². The second-order valence-electron chi connectivity index (χ2n) is 6.91. The van der Waals surface area contributed by atoms with E-state index in [1.54, 1.807) is 24.3 Å². The number of benzene rings is 2. The van der Waals surface area contributed by atoms with Crippen LogP contribution in [0.1, 0.15) is 36.2 Å². The first-order chi connectivity index (χ1) is 12.5. The van der Waals surface area contributed by atoms with Gasteiger partial charge in [0, 0.05) is 29.5 Å². The Morgan fingerprint density at radius 1 is 1.08 bits per heavy atom. The van der Waals surface area contributed by atoms with Gasteiger partial charge in [-0.2, -0.15) is 0 Å². The highest BCUT2D eigenvalue weighted by molar-refractivity contribution is 5.97. The molecule has 0 aliphatic carbocycles. The predicted octanol–water partition coefficient (Wildman–Crippen LogP) is 3.22. The molecule has 0 saturated carbocycles. The molecule has 3 rings (SSSR count). The third kappa shape index (κ3) is 4.42. The molecule has 0 spiro atoms. The van der Waals surface area contributed by atoms with Gasteiger partial charge in [0.15, 0.2) is 0 Å². The van der Waals surface area contributed by atoms with Gasteiger partial charge >= 0.3 is 0 Å². The van der Waals surface area contributed by atoms with Crippen LogP contribution in [0, 0.1) is 0 Å². The first-order valence-corrected chi connectivity index (χ1v) is 9.06. The first-order valence-electron chi connectivity index (χ1n) is 9.06. The summed E-state index contributed by atoms with van der Waals surface area (Å²) in [6.07, 6.45) is 2.12. The fourth-order valence-corrected chi connectivity index (χ4v) is 3.20. The monoisotopic (exact) mass is 351 g/mol. The molecule has 0 unspecified atom stereocenters. The summed E-state index contributed by atoms with van der Waals surface area (Å²) in [7, 11) is 0. The van der Waals surface area contributed by atoms with Gasteiger partial charge in [0.1, 0.15) is 0 Å². The van der Waals surface area contributed by atoms with E-state index in [4.69, 9.17) is 0 Å². The van der Waals surface area contributed by atoms with E-state index in [0.717, 1.165) is 25.1 Å². The average molecular weight is 351 g/mol. The van der Waals surface area contributed by atoms with E-state index in [9.17, 15) is 9.59 Å². The second kappa shape index (κ2) is 8.04. The first kappa shape index (κ1) is 18.0. The molecule has 0 saturated heterocycles. The third-order valence-corrected chi connectivity index (χ3v) is 4.39. The van der Waals surface area contributed by atoms with Crippen molar-refractivity contribution in [2.75, 3.05) is 23.3 Å².